The predicted molar refractivity (Wildman–Crippen MR) is 95.9 cm³/mol. The van der Waals surface area contributed by atoms with E-state index in [4.69, 9.17) is 11.5 Å². The Kier molecular flexibility index (Phi) is 3.71. The molecule has 0 bridgehead atoms. The third kappa shape index (κ3) is 2.65. The SMILES string of the molecule is N#Cc1c(N)nc2c(c1-c1ccc(-n3cccn3)cc1)C[C@@H](N)CC2. The largest absolute Gasteiger partial charge is 0.383 e. The monoisotopic (exact) mass is 330 g/mol. The standard InChI is InChI=1S/C19H18N6/c20-11-16-18(15-10-13(21)4-7-17(15)24-19(16)22)12-2-5-14(6-3-12)25-9-1-8-23-25/h1-3,5-6,8-9,13H,4,7,10,21H2,(H2,22,24)/t13-/m0/s1. The molecule has 0 saturated heterocycles. The maximum atomic E-state index is 9.62. The molecule has 6 heteroatoms. The minimum absolute atomic E-state index is 0.0894. The van der Waals surface area contributed by atoms with Gasteiger partial charge in [0, 0.05) is 29.7 Å². The number of hydrogen-bond acceptors (Lipinski definition) is 5. The summed E-state index contributed by atoms with van der Waals surface area (Å²) in [4.78, 5) is 4.45. The first-order valence-electron chi connectivity index (χ1n) is 8.24. The van der Waals surface area contributed by atoms with E-state index in [1.807, 2.05) is 36.5 Å². The van der Waals surface area contributed by atoms with Gasteiger partial charge in [0.1, 0.15) is 17.5 Å². The van der Waals surface area contributed by atoms with Crippen molar-refractivity contribution in [3.05, 3.63) is 59.5 Å². The van der Waals surface area contributed by atoms with Gasteiger partial charge in [-0.2, -0.15) is 10.4 Å². The van der Waals surface area contributed by atoms with E-state index >= 15 is 0 Å². The number of anilines is 1. The molecule has 0 amide bonds. The fourth-order valence-corrected chi connectivity index (χ4v) is 3.44. The second-order valence-corrected chi connectivity index (χ2v) is 6.28. The Morgan fingerprint density at radius 1 is 1.24 bits per heavy atom. The fraction of sp³-hybridized carbons (Fsp3) is 0.211. The number of nitriles is 1. The molecule has 2 heterocycles. The Bertz CT molecular complexity index is 951. The van der Waals surface area contributed by atoms with E-state index in [2.05, 4.69) is 16.2 Å². The van der Waals surface area contributed by atoms with Gasteiger partial charge in [0.05, 0.1) is 5.69 Å². The highest BCUT2D eigenvalue weighted by Crippen LogP contribution is 2.35. The maximum absolute atomic E-state index is 9.62. The van der Waals surface area contributed by atoms with Gasteiger partial charge in [-0.05, 0) is 48.6 Å². The molecule has 0 aliphatic heterocycles. The molecular formula is C19H18N6. The number of hydrogen-bond donors (Lipinski definition) is 2. The smallest absolute Gasteiger partial charge is 0.142 e. The molecule has 0 spiro atoms. The Labute approximate surface area is 145 Å². The zero-order chi connectivity index (χ0) is 17.4. The number of aromatic nitrogens is 3. The van der Waals surface area contributed by atoms with Crippen LogP contribution in [0, 0.1) is 11.3 Å². The molecule has 0 fully saturated rings. The van der Waals surface area contributed by atoms with E-state index in [0.717, 1.165) is 40.9 Å². The molecule has 0 saturated carbocycles. The third-order valence-corrected chi connectivity index (χ3v) is 4.67. The van der Waals surface area contributed by atoms with Crippen molar-refractivity contribution >= 4 is 5.82 Å². The molecule has 2 aromatic heterocycles. The molecule has 3 aromatic rings. The van der Waals surface area contributed by atoms with Crippen LogP contribution in [-0.2, 0) is 12.8 Å². The molecule has 1 aliphatic carbocycles. The van der Waals surface area contributed by atoms with E-state index in [-0.39, 0.29) is 6.04 Å². The molecule has 0 radical (unpaired) electrons. The van der Waals surface area contributed by atoms with Crippen LogP contribution < -0.4 is 11.5 Å². The molecule has 1 atom stereocenters. The van der Waals surface area contributed by atoms with Crippen LogP contribution in [0.25, 0.3) is 16.8 Å². The topological polar surface area (TPSA) is 107 Å². The predicted octanol–water partition coefficient (Wildman–Crippen LogP) is 2.20. The summed E-state index contributed by atoms with van der Waals surface area (Å²) in [6, 6.07) is 12.1. The first kappa shape index (κ1) is 15.4. The lowest BCUT2D eigenvalue weighted by molar-refractivity contribution is 0.568. The van der Waals surface area contributed by atoms with E-state index in [9.17, 15) is 5.26 Å². The Morgan fingerprint density at radius 3 is 2.72 bits per heavy atom. The lowest BCUT2D eigenvalue weighted by Gasteiger charge is -2.25. The fourth-order valence-electron chi connectivity index (χ4n) is 3.44. The summed E-state index contributed by atoms with van der Waals surface area (Å²) in [5.74, 6) is 0.294. The average Bonchev–Trinajstić information content (AvgIpc) is 3.16. The summed E-state index contributed by atoms with van der Waals surface area (Å²) < 4.78 is 1.79. The summed E-state index contributed by atoms with van der Waals surface area (Å²) >= 11 is 0. The van der Waals surface area contributed by atoms with Gasteiger partial charge < -0.3 is 11.5 Å². The van der Waals surface area contributed by atoms with Crippen LogP contribution in [0.2, 0.25) is 0 Å². The van der Waals surface area contributed by atoms with Crippen LogP contribution in [0.4, 0.5) is 5.82 Å². The van der Waals surface area contributed by atoms with Crippen molar-refractivity contribution in [2.24, 2.45) is 5.73 Å². The van der Waals surface area contributed by atoms with Crippen molar-refractivity contribution < 1.29 is 0 Å². The lowest BCUT2D eigenvalue weighted by atomic mass is 9.84. The number of fused-ring (bicyclic) bond motifs is 1. The van der Waals surface area contributed by atoms with E-state index in [0.29, 0.717) is 17.8 Å². The molecule has 4 rings (SSSR count). The van der Waals surface area contributed by atoms with Gasteiger partial charge in [-0.1, -0.05) is 12.1 Å². The number of nitrogens with zero attached hydrogens (tertiary/aromatic N) is 4. The number of nitrogen functional groups attached to an aromatic ring is 1. The number of benzene rings is 1. The summed E-state index contributed by atoms with van der Waals surface area (Å²) in [6.45, 7) is 0. The third-order valence-electron chi connectivity index (χ3n) is 4.67. The maximum Gasteiger partial charge on any atom is 0.142 e. The molecular weight excluding hydrogens is 312 g/mol. The Hall–Kier alpha value is -3.17. The zero-order valence-electron chi connectivity index (χ0n) is 13.7. The second kappa shape index (κ2) is 6.04. The van der Waals surface area contributed by atoms with Crippen LogP contribution in [0.15, 0.2) is 42.7 Å². The number of nitrogens with two attached hydrogens (primary N) is 2. The highest BCUT2D eigenvalue weighted by atomic mass is 15.3. The van der Waals surface area contributed by atoms with Gasteiger partial charge in [-0.15, -0.1) is 0 Å². The van der Waals surface area contributed by atoms with E-state index < -0.39 is 0 Å². The van der Waals surface area contributed by atoms with Crippen LogP contribution >= 0.6 is 0 Å². The highest BCUT2D eigenvalue weighted by Gasteiger charge is 2.24. The van der Waals surface area contributed by atoms with Crippen molar-refractivity contribution in [3.63, 3.8) is 0 Å². The average molecular weight is 330 g/mol. The minimum Gasteiger partial charge on any atom is -0.383 e. The van der Waals surface area contributed by atoms with Crippen molar-refractivity contribution in [1.82, 2.24) is 14.8 Å². The Morgan fingerprint density at radius 2 is 2.04 bits per heavy atom. The Balaban J connectivity index is 1.87. The van der Waals surface area contributed by atoms with Gasteiger partial charge in [0.15, 0.2) is 0 Å². The lowest BCUT2D eigenvalue weighted by Crippen LogP contribution is -2.29. The number of rotatable bonds is 2. The molecule has 6 nitrogen and oxygen atoms in total. The van der Waals surface area contributed by atoms with Crippen molar-refractivity contribution in [1.29, 1.82) is 5.26 Å². The second-order valence-electron chi connectivity index (χ2n) is 6.28. The van der Waals surface area contributed by atoms with E-state index in [1.54, 1.807) is 10.9 Å². The van der Waals surface area contributed by atoms with Gasteiger partial charge in [0.2, 0.25) is 0 Å². The summed E-state index contributed by atoms with van der Waals surface area (Å²) in [5, 5.41) is 13.9. The van der Waals surface area contributed by atoms with Gasteiger partial charge in [-0.3, -0.25) is 0 Å². The number of pyridine rings is 1. The van der Waals surface area contributed by atoms with Crippen LogP contribution in [-0.4, -0.2) is 20.8 Å². The summed E-state index contributed by atoms with van der Waals surface area (Å²) in [6.07, 6.45) is 6.03. The molecule has 4 N–H and O–H groups in total. The van der Waals surface area contributed by atoms with Crippen molar-refractivity contribution in [2.45, 2.75) is 25.3 Å². The van der Waals surface area contributed by atoms with Gasteiger partial charge >= 0.3 is 0 Å². The van der Waals surface area contributed by atoms with E-state index in [1.165, 1.54) is 0 Å². The quantitative estimate of drug-likeness (QED) is 0.749. The molecule has 1 aromatic carbocycles. The number of aryl methyl sites for hydroxylation is 1. The van der Waals surface area contributed by atoms with Crippen LogP contribution in [0.5, 0.6) is 0 Å². The van der Waals surface area contributed by atoms with Crippen LogP contribution in [0.3, 0.4) is 0 Å². The highest BCUT2D eigenvalue weighted by molar-refractivity contribution is 5.79. The zero-order valence-corrected chi connectivity index (χ0v) is 13.7. The first-order chi connectivity index (χ1) is 12.2. The van der Waals surface area contributed by atoms with Crippen molar-refractivity contribution in [2.75, 3.05) is 5.73 Å². The normalized spacial score (nSPS) is 16.2. The summed E-state index contributed by atoms with van der Waals surface area (Å²) in [5.41, 5.74) is 17.4. The molecule has 0 unspecified atom stereocenters. The van der Waals surface area contributed by atoms with Crippen LogP contribution in [0.1, 0.15) is 23.2 Å². The van der Waals surface area contributed by atoms with Gasteiger partial charge in [0.25, 0.3) is 0 Å². The molecule has 25 heavy (non-hydrogen) atoms. The minimum atomic E-state index is 0.0894. The van der Waals surface area contributed by atoms with Crippen molar-refractivity contribution in [3.8, 4) is 22.9 Å². The molecule has 1 aliphatic rings. The molecule has 124 valence electrons. The summed E-state index contributed by atoms with van der Waals surface area (Å²) in [7, 11) is 0. The van der Waals surface area contributed by atoms with Gasteiger partial charge in [-0.25, -0.2) is 9.67 Å². The first-order valence-corrected chi connectivity index (χ1v) is 8.24.